The van der Waals surface area contributed by atoms with Gasteiger partial charge in [0.25, 0.3) is 0 Å². The summed E-state index contributed by atoms with van der Waals surface area (Å²) in [5.74, 6) is 0.752. The molecule has 3 N–H and O–H groups in total. The molecule has 3 rings (SSSR count). The fourth-order valence-electron chi connectivity index (χ4n) is 2.94. The van der Waals surface area contributed by atoms with Gasteiger partial charge in [-0.3, -0.25) is 0 Å². The Morgan fingerprint density at radius 3 is 2.87 bits per heavy atom. The largest absolute Gasteiger partial charge is 0.365 e. The van der Waals surface area contributed by atoms with E-state index in [9.17, 15) is 4.79 Å². The summed E-state index contributed by atoms with van der Waals surface area (Å²) >= 11 is 0. The summed E-state index contributed by atoms with van der Waals surface area (Å²) in [4.78, 5) is 21.8. The lowest BCUT2D eigenvalue weighted by molar-refractivity contribution is 0.192. The van der Waals surface area contributed by atoms with Crippen molar-refractivity contribution in [3.8, 4) is 0 Å². The number of amides is 2. The average Bonchev–Trinajstić information content (AvgIpc) is 2.92. The summed E-state index contributed by atoms with van der Waals surface area (Å²) in [7, 11) is 0. The van der Waals surface area contributed by atoms with Crippen LogP contribution in [0.1, 0.15) is 33.6 Å². The minimum Gasteiger partial charge on any atom is -0.365 e. The number of nitrogens with two attached hydrogens (primary N) is 1. The fraction of sp³-hybridized carbons (Fsp3) is 0.600. The van der Waals surface area contributed by atoms with E-state index >= 15 is 0 Å². The Balaban J connectivity index is 1.86. The highest BCUT2D eigenvalue weighted by molar-refractivity contribution is 5.86. The number of rotatable bonds is 2. The first-order valence-corrected chi connectivity index (χ1v) is 7.86. The highest BCUT2D eigenvalue weighted by atomic mass is 16.2. The third-order valence-corrected chi connectivity index (χ3v) is 4.08. The molecule has 0 aliphatic carbocycles. The first-order valence-electron chi connectivity index (χ1n) is 7.86. The van der Waals surface area contributed by atoms with Crippen LogP contribution in [0.15, 0.2) is 12.5 Å². The zero-order valence-corrected chi connectivity index (χ0v) is 13.8. The molecule has 2 amide bonds. The number of anilines is 1. The van der Waals surface area contributed by atoms with Crippen molar-refractivity contribution in [2.45, 2.75) is 45.2 Å². The number of hydrogen-bond acceptors (Lipinski definition) is 5. The van der Waals surface area contributed by atoms with E-state index in [1.807, 2.05) is 4.68 Å². The third-order valence-electron chi connectivity index (χ3n) is 4.08. The molecule has 23 heavy (non-hydrogen) atoms. The predicted molar refractivity (Wildman–Crippen MR) is 88.1 cm³/mol. The van der Waals surface area contributed by atoms with Crippen LogP contribution in [-0.2, 0) is 5.54 Å². The second-order valence-corrected chi connectivity index (χ2v) is 6.95. The lowest BCUT2D eigenvalue weighted by Gasteiger charge is -2.32. The number of likely N-dealkylation sites (tertiary alicyclic amines) is 1. The van der Waals surface area contributed by atoms with Crippen molar-refractivity contribution in [3.05, 3.63) is 12.5 Å². The van der Waals surface area contributed by atoms with Crippen LogP contribution in [0.5, 0.6) is 0 Å². The van der Waals surface area contributed by atoms with Crippen LogP contribution in [0, 0.1) is 0 Å². The Hall–Kier alpha value is -2.38. The van der Waals surface area contributed by atoms with E-state index in [0.717, 1.165) is 29.7 Å². The quantitative estimate of drug-likeness (QED) is 0.874. The van der Waals surface area contributed by atoms with E-state index in [4.69, 9.17) is 5.73 Å². The predicted octanol–water partition coefficient (Wildman–Crippen LogP) is 1.54. The molecule has 0 spiro atoms. The monoisotopic (exact) mass is 317 g/mol. The summed E-state index contributed by atoms with van der Waals surface area (Å²) in [5, 5.41) is 8.76. The molecule has 8 heteroatoms. The molecule has 1 fully saturated rings. The fourth-order valence-corrected chi connectivity index (χ4v) is 2.94. The molecular formula is C15H23N7O. The summed E-state index contributed by atoms with van der Waals surface area (Å²) in [6.07, 6.45) is 5.24. The molecule has 1 saturated heterocycles. The van der Waals surface area contributed by atoms with Gasteiger partial charge in [0.2, 0.25) is 0 Å². The minimum atomic E-state index is -0.370. The average molecular weight is 317 g/mol. The SMILES string of the molecule is CC(C)(C)n1ncc2c(NC3CCCN(C(N)=O)C3)ncnc21. The van der Waals surface area contributed by atoms with E-state index in [1.165, 1.54) is 0 Å². The Morgan fingerprint density at radius 1 is 1.39 bits per heavy atom. The first-order chi connectivity index (χ1) is 10.9. The van der Waals surface area contributed by atoms with Crippen molar-refractivity contribution >= 4 is 22.9 Å². The maximum absolute atomic E-state index is 11.4. The van der Waals surface area contributed by atoms with E-state index in [-0.39, 0.29) is 17.6 Å². The number of carbonyl (C=O) groups is 1. The maximum atomic E-state index is 11.4. The van der Waals surface area contributed by atoms with Crippen LogP contribution in [0.25, 0.3) is 11.0 Å². The normalized spacial score (nSPS) is 19.1. The van der Waals surface area contributed by atoms with E-state index in [0.29, 0.717) is 13.1 Å². The number of fused-ring (bicyclic) bond motifs is 1. The van der Waals surface area contributed by atoms with Gasteiger partial charge in [-0.25, -0.2) is 19.4 Å². The van der Waals surface area contributed by atoms with Crippen molar-refractivity contribution in [2.24, 2.45) is 5.73 Å². The van der Waals surface area contributed by atoms with Crippen LogP contribution in [-0.4, -0.2) is 49.8 Å². The van der Waals surface area contributed by atoms with Crippen molar-refractivity contribution in [3.63, 3.8) is 0 Å². The number of nitrogens with one attached hydrogen (secondary N) is 1. The molecule has 1 unspecified atom stereocenters. The smallest absolute Gasteiger partial charge is 0.314 e. The second kappa shape index (κ2) is 5.68. The molecule has 2 aromatic heterocycles. The molecular weight excluding hydrogens is 294 g/mol. The summed E-state index contributed by atoms with van der Waals surface area (Å²) < 4.78 is 1.89. The molecule has 3 heterocycles. The van der Waals surface area contributed by atoms with Crippen molar-refractivity contribution in [1.29, 1.82) is 0 Å². The van der Waals surface area contributed by atoms with Crippen molar-refractivity contribution < 1.29 is 4.79 Å². The van der Waals surface area contributed by atoms with Crippen LogP contribution >= 0.6 is 0 Å². The van der Waals surface area contributed by atoms with Gasteiger partial charge in [0, 0.05) is 19.1 Å². The number of aromatic nitrogens is 4. The van der Waals surface area contributed by atoms with Gasteiger partial charge < -0.3 is 16.0 Å². The minimum absolute atomic E-state index is 0.132. The number of piperidine rings is 1. The van der Waals surface area contributed by atoms with Crippen LogP contribution in [0.2, 0.25) is 0 Å². The van der Waals surface area contributed by atoms with Crippen molar-refractivity contribution in [1.82, 2.24) is 24.6 Å². The number of urea groups is 1. The molecule has 8 nitrogen and oxygen atoms in total. The van der Waals surface area contributed by atoms with Gasteiger partial charge in [0.15, 0.2) is 5.65 Å². The molecule has 2 aromatic rings. The Bertz CT molecular complexity index is 718. The Labute approximate surface area is 135 Å². The molecule has 124 valence electrons. The van der Waals surface area contributed by atoms with Gasteiger partial charge in [-0.1, -0.05) is 0 Å². The Morgan fingerprint density at radius 2 is 2.17 bits per heavy atom. The Kier molecular flexibility index (Phi) is 3.83. The lowest BCUT2D eigenvalue weighted by atomic mass is 10.1. The summed E-state index contributed by atoms with van der Waals surface area (Å²) in [5.41, 5.74) is 6.04. The summed E-state index contributed by atoms with van der Waals surface area (Å²) in [6.45, 7) is 7.56. The van der Waals surface area contributed by atoms with Crippen molar-refractivity contribution in [2.75, 3.05) is 18.4 Å². The van der Waals surface area contributed by atoms with Crippen LogP contribution in [0.3, 0.4) is 0 Å². The zero-order valence-electron chi connectivity index (χ0n) is 13.8. The molecule has 0 radical (unpaired) electrons. The molecule has 0 saturated carbocycles. The maximum Gasteiger partial charge on any atom is 0.314 e. The van der Waals surface area contributed by atoms with E-state index in [1.54, 1.807) is 17.4 Å². The van der Waals surface area contributed by atoms with Gasteiger partial charge >= 0.3 is 6.03 Å². The molecule has 1 atom stereocenters. The van der Waals surface area contributed by atoms with Gasteiger partial charge in [0.1, 0.15) is 12.1 Å². The van der Waals surface area contributed by atoms with Gasteiger partial charge in [-0.05, 0) is 33.6 Å². The number of hydrogen-bond donors (Lipinski definition) is 2. The van der Waals surface area contributed by atoms with Crippen LogP contribution in [0.4, 0.5) is 10.6 Å². The van der Waals surface area contributed by atoms with Gasteiger partial charge in [-0.2, -0.15) is 5.10 Å². The molecule has 1 aliphatic rings. The topological polar surface area (TPSA) is 102 Å². The molecule has 0 aromatic carbocycles. The zero-order chi connectivity index (χ0) is 16.6. The highest BCUT2D eigenvalue weighted by Crippen LogP contribution is 2.25. The number of primary amides is 1. The van der Waals surface area contributed by atoms with Crippen LogP contribution < -0.4 is 11.1 Å². The van der Waals surface area contributed by atoms with Gasteiger partial charge in [0.05, 0.1) is 17.1 Å². The highest BCUT2D eigenvalue weighted by Gasteiger charge is 2.24. The first kappa shape index (κ1) is 15.5. The lowest BCUT2D eigenvalue weighted by Crippen LogP contribution is -2.47. The molecule has 1 aliphatic heterocycles. The molecule has 0 bridgehead atoms. The summed E-state index contributed by atoms with van der Waals surface area (Å²) in [6, 6.07) is -0.239. The van der Waals surface area contributed by atoms with E-state index in [2.05, 4.69) is 41.2 Å². The second-order valence-electron chi connectivity index (χ2n) is 6.95. The number of nitrogens with zero attached hydrogens (tertiary/aromatic N) is 5. The number of carbonyl (C=O) groups excluding carboxylic acids is 1. The van der Waals surface area contributed by atoms with E-state index < -0.39 is 0 Å². The standard InChI is InChI=1S/C15H23N7O/c1-15(2,3)22-13-11(7-19-22)12(17-9-18-13)20-10-5-4-6-21(8-10)14(16)23/h7,9-10H,4-6,8H2,1-3H3,(H2,16,23)(H,17,18,20). The third kappa shape index (κ3) is 3.06. The van der Waals surface area contributed by atoms with Gasteiger partial charge in [-0.15, -0.1) is 0 Å².